The molecular formula is C27H24ClF2N3O3. The number of carbonyl (C=O) groups excluding carboxylic acids is 1. The molecule has 6 nitrogen and oxygen atoms in total. The molecule has 0 aliphatic heterocycles. The third kappa shape index (κ3) is 4.64. The van der Waals surface area contributed by atoms with Gasteiger partial charge in [0.05, 0.1) is 36.8 Å². The molecule has 1 N–H and O–H groups in total. The van der Waals surface area contributed by atoms with Crippen LogP contribution in [0.25, 0.3) is 5.69 Å². The zero-order chi connectivity index (χ0) is 26.0. The normalized spacial score (nSPS) is 11.3. The predicted molar refractivity (Wildman–Crippen MR) is 135 cm³/mol. The number of para-hydroxylation sites is 1. The molecule has 36 heavy (non-hydrogen) atoms. The van der Waals surface area contributed by atoms with Crippen LogP contribution < -0.4 is 14.8 Å². The number of anilines is 1. The van der Waals surface area contributed by atoms with Crippen LogP contribution in [0.4, 0.5) is 14.5 Å². The summed E-state index contributed by atoms with van der Waals surface area (Å²) in [5.74, 6) is -0.690. The highest BCUT2D eigenvalue weighted by Crippen LogP contribution is 2.38. The van der Waals surface area contributed by atoms with Crippen molar-refractivity contribution >= 4 is 23.2 Å². The van der Waals surface area contributed by atoms with Gasteiger partial charge in [0.2, 0.25) is 5.82 Å². The number of aromatic nitrogens is 2. The van der Waals surface area contributed by atoms with Crippen molar-refractivity contribution in [1.29, 1.82) is 0 Å². The van der Waals surface area contributed by atoms with Crippen LogP contribution in [-0.4, -0.2) is 29.7 Å². The molecule has 0 saturated carbocycles. The summed E-state index contributed by atoms with van der Waals surface area (Å²) >= 11 is 6.10. The fourth-order valence-electron chi connectivity index (χ4n) is 3.96. The second-order valence-corrected chi connectivity index (χ2v) is 8.93. The van der Waals surface area contributed by atoms with Gasteiger partial charge in [0.15, 0.2) is 11.5 Å². The van der Waals surface area contributed by atoms with E-state index in [1.165, 1.54) is 42.5 Å². The first-order valence-electron chi connectivity index (χ1n) is 11.0. The fraction of sp³-hybridized carbons (Fsp3) is 0.185. The highest BCUT2D eigenvalue weighted by Gasteiger charge is 2.32. The lowest BCUT2D eigenvalue weighted by atomic mass is 9.81. The van der Waals surface area contributed by atoms with E-state index in [1.807, 2.05) is 26.0 Å². The van der Waals surface area contributed by atoms with Gasteiger partial charge in [-0.25, -0.2) is 13.8 Å². The number of nitrogens with one attached hydrogen (secondary N) is 1. The van der Waals surface area contributed by atoms with E-state index in [0.29, 0.717) is 22.9 Å². The summed E-state index contributed by atoms with van der Waals surface area (Å²) in [5, 5.41) is 2.56. The number of hydrogen-bond acceptors (Lipinski definition) is 4. The molecule has 1 heterocycles. The van der Waals surface area contributed by atoms with Crippen LogP contribution in [0.1, 0.15) is 35.7 Å². The number of nitrogens with zero attached hydrogens (tertiary/aromatic N) is 2. The van der Waals surface area contributed by atoms with E-state index in [0.717, 1.165) is 5.56 Å². The topological polar surface area (TPSA) is 65.4 Å². The second kappa shape index (κ2) is 9.99. The first-order valence-corrected chi connectivity index (χ1v) is 11.4. The Morgan fingerprint density at radius 1 is 1.00 bits per heavy atom. The van der Waals surface area contributed by atoms with Crippen molar-refractivity contribution in [3.63, 3.8) is 0 Å². The number of rotatable bonds is 7. The maximum Gasteiger partial charge on any atom is 0.292 e. The minimum Gasteiger partial charge on any atom is -0.493 e. The molecule has 0 aliphatic carbocycles. The number of ether oxygens (including phenoxy) is 2. The van der Waals surface area contributed by atoms with Gasteiger partial charge in [0.25, 0.3) is 5.91 Å². The van der Waals surface area contributed by atoms with E-state index in [4.69, 9.17) is 21.1 Å². The van der Waals surface area contributed by atoms with Crippen LogP contribution in [0, 0.1) is 11.6 Å². The van der Waals surface area contributed by atoms with E-state index in [2.05, 4.69) is 10.3 Å². The number of imidazole rings is 1. The van der Waals surface area contributed by atoms with Crippen molar-refractivity contribution in [2.75, 3.05) is 19.5 Å². The predicted octanol–water partition coefficient (Wildman–Crippen LogP) is 6.40. The zero-order valence-corrected chi connectivity index (χ0v) is 20.9. The van der Waals surface area contributed by atoms with Crippen molar-refractivity contribution in [2.45, 2.75) is 19.3 Å². The first kappa shape index (κ1) is 25.2. The van der Waals surface area contributed by atoms with E-state index in [9.17, 15) is 13.6 Å². The quantitative estimate of drug-likeness (QED) is 0.312. The van der Waals surface area contributed by atoms with Crippen molar-refractivity contribution in [3.8, 4) is 17.2 Å². The van der Waals surface area contributed by atoms with Gasteiger partial charge < -0.3 is 14.8 Å². The van der Waals surface area contributed by atoms with E-state index >= 15 is 0 Å². The second-order valence-electron chi connectivity index (χ2n) is 8.52. The summed E-state index contributed by atoms with van der Waals surface area (Å²) in [6.45, 7) is 3.92. The van der Waals surface area contributed by atoms with Gasteiger partial charge in [-0.05, 0) is 54.1 Å². The third-order valence-electron chi connectivity index (χ3n) is 6.00. The highest BCUT2D eigenvalue weighted by atomic mass is 35.5. The molecule has 0 spiro atoms. The van der Waals surface area contributed by atoms with Gasteiger partial charge in [-0.15, -0.1) is 0 Å². The molecule has 9 heteroatoms. The number of halogens is 3. The minimum absolute atomic E-state index is 0.0236. The van der Waals surface area contributed by atoms with E-state index < -0.39 is 23.0 Å². The number of amides is 1. The summed E-state index contributed by atoms with van der Waals surface area (Å²) in [6.07, 6.45) is 1.57. The number of carbonyl (C=O) groups is 1. The lowest BCUT2D eigenvalue weighted by molar-refractivity contribution is 0.101. The molecule has 0 aliphatic rings. The van der Waals surface area contributed by atoms with Gasteiger partial charge in [-0.1, -0.05) is 37.6 Å². The van der Waals surface area contributed by atoms with Crippen LogP contribution in [0.2, 0.25) is 5.02 Å². The Balaban J connectivity index is 1.85. The largest absolute Gasteiger partial charge is 0.493 e. The number of hydrogen-bond donors (Lipinski definition) is 1. The monoisotopic (exact) mass is 511 g/mol. The van der Waals surface area contributed by atoms with Crippen LogP contribution in [0.5, 0.6) is 11.5 Å². The van der Waals surface area contributed by atoms with Crippen LogP contribution >= 0.6 is 11.6 Å². The van der Waals surface area contributed by atoms with Gasteiger partial charge in [0.1, 0.15) is 11.6 Å². The molecule has 186 valence electrons. The van der Waals surface area contributed by atoms with Gasteiger partial charge in [-0.3, -0.25) is 9.36 Å². The fourth-order valence-corrected chi connectivity index (χ4v) is 4.17. The molecule has 3 aromatic carbocycles. The maximum absolute atomic E-state index is 14.4. The highest BCUT2D eigenvalue weighted by molar-refractivity contribution is 6.33. The SMILES string of the molecule is COc1ccc(C(C)(C)c2cnc(C(=O)Nc3c(F)cccc3Cl)n2-c2ccc(F)cc2)cc1OC. The molecule has 0 bridgehead atoms. The van der Waals surface area contributed by atoms with Gasteiger partial charge >= 0.3 is 0 Å². The smallest absolute Gasteiger partial charge is 0.292 e. The molecule has 4 rings (SSSR count). The lowest BCUT2D eigenvalue weighted by Crippen LogP contribution is -2.26. The summed E-state index contributed by atoms with van der Waals surface area (Å²) in [5.41, 5.74) is 1.13. The van der Waals surface area contributed by atoms with Gasteiger partial charge in [-0.2, -0.15) is 0 Å². The summed E-state index contributed by atoms with van der Waals surface area (Å²) < 4.78 is 40.5. The molecule has 1 amide bonds. The Kier molecular flexibility index (Phi) is 6.99. The zero-order valence-electron chi connectivity index (χ0n) is 20.1. The Morgan fingerprint density at radius 3 is 2.33 bits per heavy atom. The third-order valence-corrected chi connectivity index (χ3v) is 6.31. The number of methoxy groups -OCH3 is 2. The van der Waals surface area contributed by atoms with Crippen LogP contribution in [-0.2, 0) is 5.41 Å². The van der Waals surface area contributed by atoms with Crippen molar-refractivity contribution in [1.82, 2.24) is 9.55 Å². The maximum atomic E-state index is 14.4. The molecule has 0 unspecified atom stereocenters. The number of benzene rings is 3. The average Bonchev–Trinajstić information content (AvgIpc) is 3.32. The minimum atomic E-state index is -0.699. The standard InChI is InChI=1S/C27H24ClF2N3O3/c1-27(2,16-8-13-21(35-3)22(14-16)36-4)23-15-31-25(33(23)18-11-9-17(29)10-12-18)26(34)32-24-19(28)6-5-7-20(24)30/h5-15H,1-4H3,(H,32,34). The Labute approximate surface area is 212 Å². The molecule has 4 aromatic rings. The Morgan fingerprint density at radius 2 is 1.69 bits per heavy atom. The first-order chi connectivity index (χ1) is 17.2. The average molecular weight is 512 g/mol. The lowest BCUT2D eigenvalue weighted by Gasteiger charge is -2.28. The van der Waals surface area contributed by atoms with Crippen molar-refractivity contribution in [3.05, 3.63) is 101 Å². The summed E-state index contributed by atoms with van der Waals surface area (Å²) in [4.78, 5) is 17.7. The molecule has 0 radical (unpaired) electrons. The Hall–Kier alpha value is -3.91. The molecule has 1 aromatic heterocycles. The Bertz CT molecular complexity index is 1400. The molecule has 0 saturated heterocycles. The van der Waals surface area contributed by atoms with Crippen molar-refractivity contribution in [2.24, 2.45) is 0 Å². The van der Waals surface area contributed by atoms with Gasteiger partial charge in [0, 0.05) is 11.1 Å². The van der Waals surface area contributed by atoms with Crippen LogP contribution in [0.15, 0.2) is 66.9 Å². The van der Waals surface area contributed by atoms with E-state index in [-0.39, 0.29) is 16.5 Å². The molecular weight excluding hydrogens is 488 g/mol. The summed E-state index contributed by atoms with van der Waals surface area (Å²) in [7, 11) is 3.10. The van der Waals surface area contributed by atoms with E-state index in [1.54, 1.807) is 31.0 Å². The summed E-state index contributed by atoms with van der Waals surface area (Å²) in [6, 6.07) is 15.3. The van der Waals surface area contributed by atoms with Crippen molar-refractivity contribution < 1.29 is 23.0 Å². The molecule has 0 atom stereocenters. The molecule has 0 fully saturated rings. The van der Waals surface area contributed by atoms with Crippen LogP contribution in [0.3, 0.4) is 0 Å².